The zero-order chi connectivity index (χ0) is 12.8. The zero-order valence-electron chi connectivity index (χ0n) is 11.1. The first kappa shape index (κ1) is 13.5. The van der Waals surface area contributed by atoms with Crippen molar-refractivity contribution in [2.24, 2.45) is 0 Å². The van der Waals surface area contributed by atoms with E-state index in [9.17, 15) is 0 Å². The quantitative estimate of drug-likeness (QED) is 0.829. The highest BCUT2D eigenvalue weighted by molar-refractivity contribution is 7.99. The average molecular weight is 266 g/mol. The summed E-state index contributed by atoms with van der Waals surface area (Å²) in [6.07, 6.45) is 10.7. The third-order valence-corrected chi connectivity index (χ3v) is 4.36. The molecule has 0 aromatic carbocycles. The number of nitrogens with zero attached hydrogens (tertiary/aromatic N) is 2. The maximum absolute atomic E-state index is 4.53. The number of rotatable bonds is 6. The van der Waals surface area contributed by atoms with Crippen molar-refractivity contribution in [3.8, 4) is 0 Å². The summed E-state index contributed by atoms with van der Waals surface area (Å²) in [7, 11) is 0. The lowest BCUT2D eigenvalue weighted by molar-refractivity contribution is 0.751. The minimum Gasteiger partial charge on any atom is -0.369 e. The van der Waals surface area contributed by atoms with Crippen molar-refractivity contribution < 1.29 is 0 Å². The van der Waals surface area contributed by atoms with Gasteiger partial charge in [0.2, 0.25) is 0 Å². The Bertz CT molecular complexity index is 372. The minimum atomic E-state index is 0.554. The second-order valence-electron chi connectivity index (χ2n) is 4.73. The van der Waals surface area contributed by atoms with Crippen LogP contribution in [0, 0.1) is 0 Å². The molecule has 1 fully saturated rings. The van der Waals surface area contributed by atoms with E-state index in [1.807, 2.05) is 18.0 Å². The second-order valence-corrected chi connectivity index (χ2v) is 5.87. The molecule has 1 heterocycles. The molecule has 2 rings (SSSR count). The number of hydrogen-bond acceptors (Lipinski definition) is 5. The van der Waals surface area contributed by atoms with E-state index in [1.165, 1.54) is 19.3 Å². The fourth-order valence-electron chi connectivity index (χ4n) is 2.27. The molecule has 0 bridgehead atoms. The molecular formula is C13H22N4S. The monoisotopic (exact) mass is 266 g/mol. The topological polar surface area (TPSA) is 49.8 Å². The lowest BCUT2D eigenvalue weighted by Crippen LogP contribution is -2.17. The summed E-state index contributed by atoms with van der Waals surface area (Å²) in [4.78, 5) is 8.76. The second kappa shape index (κ2) is 6.83. The van der Waals surface area contributed by atoms with Gasteiger partial charge in [0.15, 0.2) is 0 Å². The molecule has 18 heavy (non-hydrogen) atoms. The maximum Gasteiger partial charge on any atom is 0.147 e. The van der Waals surface area contributed by atoms with Gasteiger partial charge in [-0.25, -0.2) is 4.98 Å². The van der Waals surface area contributed by atoms with Crippen LogP contribution in [-0.2, 0) is 0 Å². The van der Waals surface area contributed by atoms with Gasteiger partial charge in [0.1, 0.15) is 11.6 Å². The number of hydrogen-bond donors (Lipinski definition) is 2. The fraction of sp³-hybridized carbons (Fsp3) is 0.692. The van der Waals surface area contributed by atoms with Gasteiger partial charge in [-0.2, -0.15) is 11.8 Å². The van der Waals surface area contributed by atoms with Crippen LogP contribution >= 0.6 is 11.8 Å². The Hall–Kier alpha value is -0.970. The van der Waals surface area contributed by atoms with Gasteiger partial charge >= 0.3 is 0 Å². The summed E-state index contributed by atoms with van der Waals surface area (Å²) in [5, 5.41) is 7.56. The smallest absolute Gasteiger partial charge is 0.147 e. The molecule has 0 saturated heterocycles. The largest absolute Gasteiger partial charge is 0.369 e. The van der Waals surface area contributed by atoms with Crippen LogP contribution in [0.25, 0.3) is 0 Å². The van der Waals surface area contributed by atoms with Crippen LogP contribution in [0.4, 0.5) is 11.6 Å². The maximum atomic E-state index is 4.53. The molecular weight excluding hydrogens is 244 g/mol. The minimum absolute atomic E-state index is 0.554. The highest BCUT2D eigenvalue weighted by atomic mass is 32.2. The Morgan fingerprint density at radius 3 is 2.89 bits per heavy atom. The molecule has 1 aliphatic carbocycles. The molecule has 0 radical (unpaired) electrons. The summed E-state index contributed by atoms with van der Waals surface area (Å²) in [6.45, 7) is 3.08. The summed E-state index contributed by atoms with van der Waals surface area (Å²) in [6, 6.07) is 0.554. The standard InChI is InChI=1S/C13H22N4S/c1-3-6-15-12-8-14-9-13(17-12)16-10-4-5-11(7-10)18-2/h8-11H,3-7H2,1-2H3,(H2,15,16,17). The number of aromatic nitrogens is 2. The predicted octanol–water partition coefficient (Wildman–Crippen LogP) is 2.99. The van der Waals surface area contributed by atoms with Gasteiger partial charge in [0, 0.05) is 17.8 Å². The molecule has 4 nitrogen and oxygen atoms in total. The van der Waals surface area contributed by atoms with Crippen molar-refractivity contribution in [2.45, 2.75) is 43.9 Å². The van der Waals surface area contributed by atoms with Crippen molar-refractivity contribution in [2.75, 3.05) is 23.4 Å². The SMILES string of the molecule is CCCNc1cncc(NC2CCC(SC)C2)n1. The Balaban J connectivity index is 1.89. The van der Waals surface area contributed by atoms with Gasteiger partial charge in [-0.1, -0.05) is 6.92 Å². The van der Waals surface area contributed by atoms with E-state index in [2.05, 4.69) is 33.8 Å². The molecule has 2 N–H and O–H groups in total. The first-order valence-corrected chi connectivity index (χ1v) is 7.96. The van der Waals surface area contributed by atoms with Crippen molar-refractivity contribution in [3.05, 3.63) is 12.4 Å². The third-order valence-electron chi connectivity index (χ3n) is 3.26. The van der Waals surface area contributed by atoms with E-state index in [0.29, 0.717) is 6.04 Å². The highest BCUT2D eigenvalue weighted by Crippen LogP contribution is 2.29. The van der Waals surface area contributed by atoms with Gasteiger partial charge in [-0.3, -0.25) is 4.98 Å². The van der Waals surface area contributed by atoms with E-state index in [-0.39, 0.29) is 0 Å². The lowest BCUT2D eigenvalue weighted by Gasteiger charge is -2.14. The van der Waals surface area contributed by atoms with Gasteiger partial charge in [0.25, 0.3) is 0 Å². The van der Waals surface area contributed by atoms with E-state index in [0.717, 1.165) is 29.9 Å². The van der Waals surface area contributed by atoms with E-state index in [1.54, 1.807) is 6.20 Å². The van der Waals surface area contributed by atoms with Crippen LogP contribution < -0.4 is 10.6 Å². The van der Waals surface area contributed by atoms with Crippen LogP contribution in [0.2, 0.25) is 0 Å². The van der Waals surface area contributed by atoms with E-state index in [4.69, 9.17) is 0 Å². The average Bonchev–Trinajstić information content (AvgIpc) is 2.84. The molecule has 0 aliphatic heterocycles. The molecule has 100 valence electrons. The molecule has 5 heteroatoms. The van der Waals surface area contributed by atoms with Crippen LogP contribution in [0.1, 0.15) is 32.6 Å². The summed E-state index contributed by atoms with van der Waals surface area (Å²) in [5.74, 6) is 1.75. The molecule has 1 aliphatic rings. The number of thioether (sulfide) groups is 1. The van der Waals surface area contributed by atoms with Crippen molar-refractivity contribution in [1.29, 1.82) is 0 Å². The van der Waals surface area contributed by atoms with E-state index >= 15 is 0 Å². The van der Waals surface area contributed by atoms with Gasteiger partial charge < -0.3 is 10.6 Å². The van der Waals surface area contributed by atoms with Crippen molar-refractivity contribution in [1.82, 2.24) is 9.97 Å². The van der Waals surface area contributed by atoms with Gasteiger partial charge in [-0.05, 0) is 31.9 Å². The lowest BCUT2D eigenvalue weighted by atomic mass is 10.2. The van der Waals surface area contributed by atoms with Crippen LogP contribution in [0.15, 0.2) is 12.4 Å². The van der Waals surface area contributed by atoms with Crippen molar-refractivity contribution in [3.63, 3.8) is 0 Å². The number of nitrogens with one attached hydrogen (secondary N) is 2. The number of anilines is 2. The molecule has 2 atom stereocenters. The fourth-order valence-corrected chi connectivity index (χ4v) is 3.06. The zero-order valence-corrected chi connectivity index (χ0v) is 12.0. The normalized spacial score (nSPS) is 23.0. The molecule has 0 amide bonds. The molecule has 0 spiro atoms. The van der Waals surface area contributed by atoms with Gasteiger partial charge in [-0.15, -0.1) is 0 Å². The predicted molar refractivity (Wildman–Crippen MR) is 79.4 cm³/mol. The Labute approximate surface area is 113 Å². The highest BCUT2D eigenvalue weighted by Gasteiger charge is 2.23. The Morgan fingerprint density at radius 2 is 2.17 bits per heavy atom. The Morgan fingerprint density at radius 1 is 1.33 bits per heavy atom. The third kappa shape index (κ3) is 3.77. The molecule has 1 aromatic heterocycles. The molecule has 2 unspecified atom stereocenters. The first-order chi connectivity index (χ1) is 8.81. The van der Waals surface area contributed by atoms with Crippen LogP contribution in [0.5, 0.6) is 0 Å². The van der Waals surface area contributed by atoms with E-state index < -0.39 is 0 Å². The summed E-state index contributed by atoms with van der Waals surface area (Å²) >= 11 is 1.97. The van der Waals surface area contributed by atoms with Crippen LogP contribution in [-0.4, -0.2) is 34.1 Å². The molecule has 1 aromatic rings. The molecule has 1 saturated carbocycles. The first-order valence-electron chi connectivity index (χ1n) is 6.67. The van der Waals surface area contributed by atoms with Gasteiger partial charge in [0.05, 0.1) is 12.4 Å². The summed E-state index contributed by atoms with van der Waals surface area (Å²) < 4.78 is 0. The Kier molecular flexibility index (Phi) is 5.11. The van der Waals surface area contributed by atoms with Crippen molar-refractivity contribution >= 4 is 23.4 Å². The van der Waals surface area contributed by atoms with Crippen LogP contribution in [0.3, 0.4) is 0 Å². The summed E-state index contributed by atoms with van der Waals surface area (Å²) in [5.41, 5.74) is 0.